The minimum absolute atomic E-state index is 0.0509. The standard InChI is InChI=1S/C24H31N3O4/c1-16-8-7-9-17(2)27(16)22(28)15-31-24(30)18-11-12-19-20(14-18)25-21-10-5-3-4-6-13-26(21)23(19)29/h11-12,14,16-17H,3-10,13,15H2,1-2H3/t16-,17-/m1/s1. The number of benzene rings is 1. The third kappa shape index (κ3) is 4.50. The van der Waals surface area contributed by atoms with E-state index in [1.54, 1.807) is 22.8 Å². The number of nitrogens with zero attached hydrogens (tertiary/aromatic N) is 3. The minimum Gasteiger partial charge on any atom is -0.452 e. The van der Waals surface area contributed by atoms with Gasteiger partial charge in [0.25, 0.3) is 11.5 Å². The van der Waals surface area contributed by atoms with E-state index in [9.17, 15) is 14.4 Å². The number of carbonyl (C=O) groups excluding carboxylic acids is 2. The fraction of sp³-hybridized carbons (Fsp3) is 0.583. The van der Waals surface area contributed by atoms with Gasteiger partial charge in [-0.05, 0) is 64.2 Å². The third-order valence-corrected chi connectivity index (χ3v) is 6.61. The molecule has 0 radical (unpaired) electrons. The lowest BCUT2D eigenvalue weighted by Crippen LogP contribution is -2.49. The molecule has 4 rings (SSSR count). The molecule has 1 amide bonds. The highest BCUT2D eigenvalue weighted by molar-refractivity contribution is 5.95. The van der Waals surface area contributed by atoms with Gasteiger partial charge in [0, 0.05) is 25.0 Å². The number of piperidine rings is 1. The second-order valence-corrected chi connectivity index (χ2v) is 8.89. The van der Waals surface area contributed by atoms with Crippen molar-refractivity contribution in [2.75, 3.05) is 6.61 Å². The van der Waals surface area contributed by atoms with Crippen LogP contribution in [0.4, 0.5) is 0 Å². The molecule has 166 valence electrons. The lowest BCUT2D eigenvalue weighted by molar-refractivity contribution is -0.140. The number of hydrogen-bond donors (Lipinski definition) is 0. The van der Waals surface area contributed by atoms with E-state index in [0.29, 0.717) is 23.0 Å². The van der Waals surface area contributed by atoms with Crippen LogP contribution in [0.1, 0.15) is 75.0 Å². The van der Waals surface area contributed by atoms with Crippen LogP contribution in [0, 0.1) is 0 Å². The van der Waals surface area contributed by atoms with Crippen LogP contribution in [-0.2, 0) is 22.5 Å². The van der Waals surface area contributed by atoms with E-state index in [1.807, 2.05) is 18.7 Å². The Morgan fingerprint density at radius 2 is 1.81 bits per heavy atom. The second kappa shape index (κ2) is 9.20. The van der Waals surface area contributed by atoms with Crippen molar-refractivity contribution >= 4 is 22.8 Å². The first-order chi connectivity index (χ1) is 15.0. The van der Waals surface area contributed by atoms with E-state index in [-0.39, 0.29) is 30.2 Å². The normalized spacial score (nSPS) is 21.8. The Hall–Kier alpha value is -2.70. The van der Waals surface area contributed by atoms with Gasteiger partial charge in [-0.2, -0.15) is 0 Å². The van der Waals surface area contributed by atoms with E-state index in [1.165, 1.54) is 0 Å². The molecule has 0 saturated carbocycles. The minimum atomic E-state index is -0.568. The number of aromatic nitrogens is 2. The molecule has 0 spiro atoms. The summed E-state index contributed by atoms with van der Waals surface area (Å²) in [5, 5.41) is 0.507. The molecule has 7 nitrogen and oxygen atoms in total. The van der Waals surface area contributed by atoms with Crippen LogP contribution in [0.15, 0.2) is 23.0 Å². The van der Waals surface area contributed by atoms with E-state index in [4.69, 9.17) is 4.74 Å². The molecule has 0 aliphatic carbocycles. The molecule has 1 saturated heterocycles. The Morgan fingerprint density at radius 1 is 1.06 bits per heavy atom. The maximum absolute atomic E-state index is 12.9. The number of amides is 1. The Kier molecular flexibility index (Phi) is 6.39. The van der Waals surface area contributed by atoms with Crippen molar-refractivity contribution < 1.29 is 14.3 Å². The number of hydrogen-bond acceptors (Lipinski definition) is 5. The summed E-state index contributed by atoms with van der Waals surface area (Å²) in [6.07, 6.45) is 8.08. The van der Waals surface area contributed by atoms with Crippen LogP contribution in [-0.4, -0.2) is 45.0 Å². The third-order valence-electron chi connectivity index (χ3n) is 6.61. The van der Waals surface area contributed by atoms with Crippen LogP contribution < -0.4 is 5.56 Å². The van der Waals surface area contributed by atoms with E-state index < -0.39 is 5.97 Å². The van der Waals surface area contributed by atoms with Crippen molar-refractivity contribution in [1.82, 2.24) is 14.5 Å². The van der Waals surface area contributed by atoms with E-state index in [0.717, 1.165) is 57.2 Å². The van der Waals surface area contributed by atoms with Gasteiger partial charge in [-0.25, -0.2) is 9.78 Å². The highest BCUT2D eigenvalue weighted by Gasteiger charge is 2.29. The maximum Gasteiger partial charge on any atom is 0.338 e. The fourth-order valence-electron chi connectivity index (χ4n) is 4.92. The summed E-state index contributed by atoms with van der Waals surface area (Å²) in [6.45, 7) is 4.49. The summed E-state index contributed by atoms with van der Waals surface area (Å²) in [5.74, 6) is 0.0544. The molecule has 1 aromatic carbocycles. The smallest absolute Gasteiger partial charge is 0.338 e. The van der Waals surface area contributed by atoms with Crippen molar-refractivity contribution in [3.63, 3.8) is 0 Å². The van der Waals surface area contributed by atoms with Gasteiger partial charge in [0.2, 0.25) is 0 Å². The van der Waals surface area contributed by atoms with Crippen LogP contribution >= 0.6 is 0 Å². The average molecular weight is 426 g/mol. The summed E-state index contributed by atoms with van der Waals surface area (Å²) >= 11 is 0. The van der Waals surface area contributed by atoms with Gasteiger partial charge < -0.3 is 9.64 Å². The van der Waals surface area contributed by atoms with Crippen molar-refractivity contribution in [3.8, 4) is 0 Å². The zero-order valence-electron chi connectivity index (χ0n) is 18.4. The van der Waals surface area contributed by atoms with Gasteiger partial charge >= 0.3 is 5.97 Å². The van der Waals surface area contributed by atoms with Crippen molar-refractivity contribution in [2.24, 2.45) is 0 Å². The average Bonchev–Trinajstić information content (AvgIpc) is 2.73. The number of aryl methyl sites for hydroxylation is 1. The quantitative estimate of drug-likeness (QED) is 0.704. The summed E-state index contributed by atoms with van der Waals surface area (Å²) in [5.41, 5.74) is 0.767. The summed E-state index contributed by atoms with van der Waals surface area (Å²) in [7, 11) is 0. The predicted molar refractivity (Wildman–Crippen MR) is 118 cm³/mol. The molecule has 2 aromatic rings. The zero-order chi connectivity index (χ0) is 22.0. The first kappa shape index (κ1) is 21.5. The van der Waals surface area contributed by atoms with Crippen LogP contribution in [0.2, 0.25) is 0 Å². The maximum atomic E-state index is 12.9. The SMILES string of the molecule is C[C@@H]1CCC[C@@H](C)N1C(=O)COC(=O)c1ccc2c(=O)n3c(nc2c1)CCCCCC3. The van der Waals surface area contributed by atoms with E-state index in [2.05, 4.69) is 4.98 Å². The molecule has 1 fully saturated rings. The van der Waals surface area contributed by atoms with Gasteiger partial charge in [0.1, 0.15) is 5.82 Å². The van der Waals surface area contributed by atoms with Gasteiger partial charge in [0.15, 0.2) is 6.61 Å². The monoisotopic (exact) mass is 425 g/mol. The van der Waals surface area contributed by atoms with Crippen molar-refractivity contribution in [3.05, 3.63) is 39.9 Å². The number of likely N-dealkylation sites (tertiary alicyclic amines) is 1. The predicted octanol–water partition coefficient (Wildman–Crippen LogP) is 3.46. The van der Waals surface area contributed by atoms with Crippen molar-refractivity contribution in [2.45, 2.75) is 83.8 Å². The number of rotatable bonds is 3. The van der Waals surface area contributed by atoms with Crippen LogP contribution in [0.25, 0.3) is 10.9 Å². The lowest BCUT2D eigenvalue weighted by atomic mass is 9.97. The Bertz CT molecular complexity index is 1040. The molecular weight excluding hydrogens is 394 g/mol. The molecule has 2 atom stereocenters. The molecule has 2 aliphatic rings. The molecule has 3 heterocycles. The van der Waals surface area contributed by atoms with Crippen LogP contribution in [0.3, 0.4) is 0 Å². The van der Waals surface area contributed by atoms with E-state index >= 15 is 0 Å². The number of fused-ring (bicyclic) bond motifs is 2. The summed E-state index contributed by atoms with van der Waals surface area (Å²) in [6, 6.07) is 5.15. The Morgan fingerprint density at radius 3 is 2.58 bits per heavy atom. The molecule has 0 N–H and O–H groups in total. The molecule has 2 aliphatic heterocycles. The highest BCUT2D eigenvalue weighted by atomic mass is 16.5. The largest absolute Gasteiger partial charge is 0.452 e. The van der Waals surface area contributed by atoms with Gasteiger partial charge in [-0.3, -0.25) is 14.2 Å². The molecule has 1 aromatic heterocycles. The zero-order valence-corrected chi connectivity index (χ0v) is 18.4. The molecule has 7 heteroatoms. The van der Waals surface area contributed by atoms with Gasteiger partial charge in [-0.1, -0.05) is 12.8 Å². The van der Waals surface area contributed by atoms with Crippen LogP contribution in [0.5, 0.6) is 0 Å². The fourth-order valence-corrected chi connectivity index (χ4v) is 4.92. The topological polar surface area (TPSA) is 81.5 Å². The number of ether oxygens (including phenoxy) is 1. The summed E-state index contributed by atoms with van der Waals surface area (Å²) in [4.78, 5) is 44.7. The first-order valence-electron chi connectivity index (χ1n) is 11.5. The first-order valence-corrected chi connectivity index (χ1v) is 11.5. The second-order valence-electron chi connectivity index (χ2n) is 8.89. The Balaban J connectivity index is 1.51. The lowest BCUT2D eigenvalue weighted by Gasteiger charge is -2.38. The molecule has 0 unspecified atom stereocenters. The highest BCUT2D eigenvalue weighted by Crippen LogP contribution is 2.23. The Labute approximate surface area is 182 Å². The van der Waals surface area contributed by atoms with Gasteiger partial charge in [-0.15, -0.1) is 0 Å². The molecule has 0 bridgehead atoms. The van der Waals surface area contributed by atoms with Gasteiger partial charge in [0.05, 0.1) is 16.5 Å². The number of carbonyl (C=O) groups is 2. The molecular formula is C24H31N3O4. The molecule has 31 heavy (non-hydrogen) atoms. The summed E-state index contributed by atoms with van der Waals surface area (Å²) < 4.78 is 7.10. The number of esters is 1. The van der Waals surface area contributed by atoms with Crippen molar-refractivity contribution in [1.29, 1.82) is 0 Å².